The second-order valence-electron chi connectivity index (χ2n) is 5.72. The Kier molecular flexibility index (Phi) is 5.20. The molecular weight excluding hydrogens is 266 g/mol. The normalized spacial score (nSPS) is 18.2. The Balaban J connectivity index is 1.96. The third kappa shape index (κ3) is 3.97. The summed E-state index contributed by atoms with van der Waals surface area (Å²) in [6, 6.07) is 6.93. The molecule has 0 spiro atoms. The molecule has 21 heavy (non-hydrogen) atoms. The molecule has 1 saturated carbocycles. The Morgan fingerprint density at radius 3 is 2.38 bits per heavy atom. The largest absolute Gasteiger partial charge is 0.409 e. The van der Waals surface area contributed by atoms with Crippen LogP contribution in [-0.4, -0.2) is 23.0 Å². The fourth-order valence-electron chi connectivity index (χ4n) is 2.89. The van der Waals surface area contributed by atoms with Crippen LogP contribution in [0.2, 0.25) is 0 Å². The molecule has 1 amide bonds. The molecule has 0 saturated heterocycles. The van der Waals surface area contributed by atoms with Gasteiger partial charge in [-0.1, -0.05) is 36.6 Å². The molecule has 1 unspecified atom stereocenters. The first-order chi connectivity index (χ1) is 10.1. The topological polar surface area (TPSA) is 87.7 Å². The minimum atomic E-state index is -0.0702. The van der Waals surface area contributed by atoms with Gasteiger partial charge in [-0.05, 0) is 37.8 Å². The van der Waals surface area contributed by atoms with E-state index in [-0.39, 0.29) is 17.8 Å². The maximum atomic E-state index is 12.2. The summed E-state index contributed by atoms with van der Waals surface area (Å²) < 4.78 is 0. The lowest BCUT2D eigenvalue weighted by Crippen LogP contribution is -2.38. The van der Waals surface area contributed by atoms with Crippen LogP contribution in [-0.2, 0) is 0 Å². The first kappa shape index (κ1) is 15.4. The number of rotatable bonds is 4. The molecule has 4 N–H and O–H groups in total. The molecule has 1 fully saturated rings. The van der Waals surface area contributed by atoms with Gasteiger partial charge in [0.05, 0.1) is 0 Å². The lowest BCUT2D eigenvalue weighted by molar-refractivity contribution is 0.0919. The summed E-state index contributed by atoms with van der Waals surface area (Å²) >= 11 is 0. The lowest BCUT2D eigenvalue weighted by atomic mass is 9.84. The highest BCUT2D eigenvalue weighted by molar-refractivity contribution is 5.99. The zero-order valence-corrected chi connectivity index (χ0v) is 12.4. The van der Waals surface area contributed by atoms with E-state index >= 15 is 0 Å². The van der Waals surface area contributed by atoms with Gasteiger partial charge in [0.2, 0.25) is 0 Å². The van der Waals surface area contributed by atoms with Crippen LogP contribution in [0.15, 0.2) is 29.4 Å². The van der Waals surface area contributed by atoms with E-state index in [1.54, 1.807) is 24.3 Å². The van der Waals surface area contributed by atoms with Crippen molar-refractivity contribution >= 4 is 11.7 Å². The van der Waals surface area contributed by atoms with Gasteiger partial charge >= 0.3 is 0 Å². The van der Waals surface area contributed by atoms with Gasteiger partial charge in [0.15, 0.2) is 5.84 Å². The summed E-state index contributed by atoms with van der Waals surface area (Å²) in [7, 11) is 0. The third-order valence-electron chi connectivity index (χ3n) is 4.27. The van der Waals surface area contributed by atoms with Crippen molar-refractivity contribution in [3.63, 3.8) is 0 Å². The minimum Gasteiger partial charge on any atom is -0.409 e. The summed E-state index contributed by atoms with van der Waals surface area (Å²) in [4.78, 5) is 12.2. The number of carbonyl (C=O) groups excluding carboxylic acids is 1. The van der Waals surface area contributed by atoms with Crippen molar-refractivity contribution in [3.05, 3.63) is 35.4 Å². The average Bonchev–Trinajstić information content (AvgIpc) is 2.55. The lowest BCUT2D eigenvalue weighted by Gasteiger charge is -2.28. The van der Waals surface area contributed by atoms with Crippen molar-refractivity contribution in [1.29, 1.82) is 0 Å². The quantitative estimate of drug-likeness (QED) is 0.344. The van der Waals surface area contributed by atoms with Crippen LogP contribution in [0, 0.1) is 5.92 Å². The molecule has 0 heterocycles. The van der Waals surface area contributed by atoms with Gasteiger partial charge in [-0.15, -0.1) is 0 Å². The summed E-state index contributed by atoms with van der Waals surface area (Å²) in [5, 5.41) is 14.6. The smallest absolute Gasteiger partial charge is 0.251 e. The number of hydrogen-bond acceptors (Lipinski definition) is 3. The van der Waals surface area contributed by atoms with E-state index in [0.29, 0.717) is 17.0 Å². The second kappa shape index (κ2) is 7.11. The molecule has 2 rings (SSSR count). The molecular formula is C16H23N3O2. The zero-order chi connectivity index (χ0) is 15.2. The number of hydrogen-bond donors (Lipinski definition) is 3. The molecule has 5 nitrogen and oxygen atoms in total. The fourth-order valence-corrected chi connectivity index (χ4v) is 2.89. The molecule has 0 radical (unpaired) electrons. The predicted molar refractivity (Wildman–Crippen MR) is 82.5 cm³/mol. The van der Waals surface area contributed by atoms with Crippen molar-refractivity contribution in [1.82, 2.24) is 5.32 Å². The number of nitrogens with zero attached hydrogens (tertiary/aromatic N) is 1. The van der Waals surface area contributed by atoms with Gasteiger partial charge in [0.25, 0.3) is 5.91 Å². The maximum Gasteiger partial charge on any atom is 0.251 e. The number of oxime groups is 1. The molecule has 1 aliphatic rings. The second-order valence-corrected chi connectivity index (χ2v) is 5.72. The molecule has 0 aliphatic heterocycles. The molecule has 0 bridgehead atoms. The van der Waals surface area contributed by atoms with Crippen LogP contribution in [0.3, 0.4) is 0 Å². The van der Waals surface area contributed by atoms with Gasteiger partial charge < -0.3 is 16.3 Å². The number of amidine groups is 1. The Morgan fingerprint density at radius 2 is 1.81 bits per heavy atom. The molecule has 114 valence electrons. The standard InChI is InChI=1S/C16H23N3O2/c1-11(12-5-3-2-4-6-12)18-16(20)14-9-7-13(8-10-14)15(17)19-21/h7-12,21H,2-6H2,1H3,(H2,17,19)(H,18,20). The highest BCUT2D eigenvalue weighted by atomic mass is 16.4. The van der Waals surface area contributed by atoms with Gasteiger partial charge in [0, 0.05) is 17.2 Å². The Morgan fingerprint density at radius 1 is 1.24 bits per heavy atom. The van der Waals surface area contributed by atoms with Crippen molar-refractivity contribution < 1.29 is 10.0 Å². The molecule has 1 atom stereocenters. The van der Waals surface area contributed by atoms with E-state index < -0.39 is 0 Å². The van der Waals surface area contributed by atoms with Crippen LogP contribution in [0.5, 0.6) is 0 Å². The van der Waals surface area contributed by atoms with E-state index in [1.807, 2.05) is 0 Å². The monoisotopic (exact) mass is 289 g/mol. The first-order valence-corrected chi connectivity index (χ1v) is 7.50. The van der Waals surface area contributed by atoms with E-state index in [0.717, 1.165) is 0 Å². The van der Waals surface area contributed by atoms with Crippen LogP contribution in [0.4, 0.5) is 0 Å². The molecule has 1 aromatic rings. The van der Waals surface area contributed by atoms with Gasteiger partial charge in [-0.2, -0.15) is 0 Å². The van der Waals surface area contributed by atoms with Crippen molar-refractivity contribution in [3.8, 4) is 0 Å². The van der Waals surface area contributed by atoms with E-state index in [4.69, 9.17) is 10.9 Å². The summed E-state index contributed by atoms with van der Waals surface area (Å²) in [6.07, 6.45) is 6.24. The van der Waals surface area contributed by atoms with Gasteiger partial charge in [0.1, 0.15) is 0 Å². The predicted octanol–water partition coefficient (Wildman–Crippen LogP) is 2.48. The van der Waals surface area contributed by atoms with Crippen molar-refractivity contribution in [2.24, 2.45) is 16.8 Å². The highest BCUT2D eigenvalue weighted by Crippen LogP contribution is 2.26. The molecule has 5 heteroatoms. The van der Waals surface area contributed by atoms with Crippen LogP contribution < -0.4 is 11.1 Å². The summed E-state index contributed by atoms with van der Waals surface area (Å²) in [5.41, 5.74) is 6.68. The van der Waals surface area contributed by atoms with Crippen LogP contribution in [0.1, 0.15) is 54.9 Å². The number of carbonyl (C=O) groups is 1. The SMILES string of the molecule is CC(NC(=O)c1ccc(C(N)=NO)cc1)C1CCCCC1. The van der Waals surface area contributed by atoms with E-state index in [1.165, 1.54) is 32.1 Å². The van der Waals surface area contributed by atoms with Crippen molar-refractivity contribution in [2.45, 2.75) is 45.1 Å². The molecule has 1 aliphatic carbocycles. The van der Waals surface area contributed by atoms with Gasteiger partial charge in [-0.25, -0.2) is 0 Å². The third-order valence-corrected chi connectivity index (χ3v) is 4.27. The van der Waals surface area contributed by atoms with E-state index in [9.17, 15) is 4.79 Å². The van der Waals surface area contributed by atoms with E-state index in [2.05, 4.69) is 17.4 Å². The Labute approximate surface area is 125 Å². The Hall–Kier alpha value is -2.04. The summed E-state index contributed by atoms with van der Waals surface area (Å²) in [6.45, 7) is 2.08. The fraction of sp³-hybridized carbons (Fsp3) is 0.500. The van der Waals surface area contributed by atoms with Gasteiger partial charge in [-0.3, -0.25) is 4.79 Å². The minimum absolute atomic E-state index is 0.0394. The van der Waals surface area contributed by atoms with Crippen LogP contribution >= 0.6 is 0 Å². The number of amides is 1. The maximum absolute atomic E-state index is 12.2. The summed E-state index contributed by atoms with van der Waals surface area (Å²) in [5.74, 6) is 0.552. The average molecular weight is 289 g/mol. The number of nitrogens with two attached hydrogens (primary N) is 1. The number of benzene rings is 1. The highest BCUT2D eigenvalue weighted by Gasteiger charge is 2.21. The zero-order valence-electron chi connectivity index (χ0n) is 12.4. The molecule has 1 aromatic carbocycles. The molecule has 0 aromatic heterocycles. The van der Waals surface area contributed by atoms with Crippen LogP contribution in [0.25, 0.3) is 0 Å². The Bertz CT molecular complexity index is 505. The number of nitrogens with one attached hydrogen (secondary N) is 1. The van der Waals surface area contributed by atoms with Crippen molar-refractivity contribution in [2.75, 3.05) is 0 Å². The first-order valence-electron chi connectivity index (χ1n) is 7.50.